The van der Waals surface area contributed by atoms with E-state index in [0.717, 1.165) is 5.41 Å². The van der Waals surface area contributed by atoms with Crippen molar-refractivity contribution in [1.29, 1.82) is 0 Å². The summed E-state index contributed by atoms with van der Waals surface area (Å²) in [5, 5.41) is 0. The molecule has 2 aliphatic rings. The highest BCUT2D eigenvalue weighted by atomic mass is 14.4. The molecule has 0 heteroatoms. The quantitative estimate of drug-likeness (QED) is 0.448. The SMILES string of the molecule is [CH]1CCC2(C1)CCC2. The van der Waals surface area contributed by atoms with E-state index in [0.29, 0.717) is 0 Å². The molecule has 0 unspecified atom stereocenters. The Morgan fingerprint density at radius 3 is 2.25 bits per heavy atom. The molecule has 2 saturated carbocycles. The minimum absolute atomic E-state index is 0.861. The van der Waals surface area contributed by atoms with Gasteiger partial charge in [-0.15, -0.1) is 0 Å². The Labute approximate surface area is 51.3 Å². The van der Waals surface area contributed by atoms with Crippen molar-refractivity contribution in [3.8, 4) is 0 Å². The van der Waals surface area contributed by atoms with Gasteiger partial charge in [0.1, 0.15) is 0 Å². The summed E-state index contributed by atoms with van der Waals surface area (Å²) >= 11 is 0. The lowest BCUT2D eigenvalue weighted by Gasteiger charge is -2.38. The summed E-state index contributed by atoms with van der Waals surface area (Å²) in [5.41, 5.74) is 0.861. The highest BCUT2D eigenvalue weighted by molar-refractivity contribution is 4.97. The summed E-state index contributed by atoms with van der Waals surface area (Å²) in [4.78, 5) is 0. The number of rotatable bonds is 0. The van der Waals surface area contributed by atoms with Crippen LogP contribution < -0.4 is 0 Å². The van der Waals surface area contributed by atoms with Crippen LogP contribution >= 0.6 is 0 Å². The molecule has 0 aliphatic heterocycles. The van der Waals surface area contributed by atoms with E-state index in [-0.39, 0.29) is 0 Å². The average Bonchev–Trinajstić information content (AvgIpc) is 2.07. The fourth-order valence-corrected chi connectivity index (χ4v) is 2.05. The van der Waals surface area contributed by atoms with Crippen molar-refractivity contribution in [2.24, 2.45) is 5.41 Å². The summed E-state index contributed by atoms with van der Waals surface area (Å²) in [6, 6.07) is 0. The maximum atomic E-state index is 2.47. The molecule has 45 valence electrons. The molecule has 0 aromatic carbocycles. The van der Waals surface area contributed by atoms with Crippen LogP contribution in [0, 0.1) is 11.8 Å². The molecular weight excluding hydrogens is 96.1 g/mol. The molecule has 0 heterocycles. The van der Waals surface area contributed by atoms with Crippen LogP contribution in [0.5, 0.6) is 0 Å². The summed E-state index contributed by atoms with van der Waals surface area (Å²) in [5.74, 6) is 0. The van der Waals surface area contributed by atoms with Gasteiger partial charge >= 0.3 is 0 Å². The van der Waals surface area contributed by atoms with Gasteiger partial charge in [-0.3, -0.25) is 0 Å². The Kier molecular flexibility index (Phi) is 0.902. The number of hydrogen-bond donors (Lipinski definition) is 0. The predicted molar refractivity (Wildman–Crippen MR) is 34.4 cm³/mol. The van der Waals surface area contributed by atoms with E-state index in [9.17, 15) is 0 Å². The van der Waals surface area contributed by atoms with Crippen molar-refractivity contribution in [3.05, 3.63) is 6.42 Å². The summed E-state index contributed by atoms with van der Waals surface area (Å²) in [7, 11) is 0. The van der Waals surface area contributed by atoms with Gasteiger partial charge in [0.05, 0.1) is 0 Å². The van der Waals surface area contributed by atoms with E-state index in [4.69, 9.17) is 0 Å². The van der Waals surface area contributed by atoms with E-state index in [1.165, 1.54) is 38.5 Å². The Morgan fingerprint density at radius 1 is 1.12 bits per heavy atom. The third-order valence-electron chi connectivity index (χ3n) is 2.87. The molecule has 0 bridgehead atoms. The van der Waals surface area contributed by atoms with E-state index >= 15 is 0 Å². The molecule has 0 saturated heterocycles. The summed E-state index contributed by atoms with van der Waals surface area (Å²) in [6.07, 6.45) is 11.4. The van der Waals surface area contributed by atoms with E-state index in [2.05, 4.69) is 6.42 Å². The molecule has 0 nitrogen and oxygen atoms in total. The molecular formula is C8H13. The lowest BCUT2D eigenvalue weighted by atomic mass is 9.68. The van der Waals surface area contributed by atoms with Crippen molar-refractivity contribution in [1.82, 2.24) is 0 Å². The average molecular weight is 109 g/mol. The molecule has 2 rings (SSSR count). The molecule has 2 aliphatic carbocycles. The van der Waals surface area contributed by atoms with Gasteiger partial charge in [0.2, 0.25) is 0 Å². The first-order valence-electron chi connectivity index (χ1n) is 3.73. The van der Waals surface area contributed by atoms with E-state index in [1.807, 2.05) is 0 Å². The van der Waals surface area contributed by atoms with Crippen LogP contribution in [-0.4, -0.2) is 0 Å². The molecule has 8 heavy (non-hydrogen) atoms. The van der Waals surface area contributed by atoms with Crippen molar-refractivity contribution in [2.45, 2.75) is 38.5 Å². The second-order valence-electron chi connectivity index (χ2n) is 3.39. The summed E-state index contributed by atoms with van der Waals surface area (Å²) < 4.78 is 0. The van der Waals surface area contributed by atoms with Gasteiger partial charge in [-0.05, 0) is 43.9 Å². The zero-order valence-electron chi connectivity index (χ0n) is 5.32. The van der Waals surface area contributed by atoms with Gasteiger partial charge < -0.3 is 0 Å². The van der Waals surface area contributed by atoms with E-state index in [1.54, 1.807) is 0 Å². The van der Waals surface area contributed by atoms with Gasteiger partial charge in [0.15, 0.2) is 0 Å². The molecule has 1 spiro atoms. The van der Waals surface area contributed by atoms with E-state index < -0.39 is 0 Å². The minimum Gasteiger partial charge on any atom is -0.0522 e. The normalized spacial score (nSPS) is 33.0. The van der Waals surface area contributed by atoms with Gasteiger partial charge in [-0.1, -0.05) is 6.42 Å². The fraction of sp³-hybridized carbons (Fsp3) is 0.875. The van der Waals surface area contributed by atoms with Crippen LogP contribution in [0.2, 0.25) is 0 Å². The van der Waals surface area contributed by atoms with Crippen molar-refractivity contribution >= 4 is 0 Å². The van der Waals surface area contributed by atoms with Crippen LogP contribution in [0.1, 0.15) is 38.5 Å². The molecule has 1 radical (unpaired) electrons. The lowest BCUT2D eigenvalue weighted by Crippen LogP contribution is -2.24. The largest absolute Gasteiger partial charge is 0.0522 e. The lowest BCUT2D eigenvalue weighted by molar-refractivity contribution is 0.147. The third-order valence-corrected chi connectivity index (χ3v) is 2.87. The Balaban J connectivity index is 2.01. The van der Waals surface area contributed by atoms with Gasteiger partial charge in [0, 0.05) is 0 Å². The molecule has 0 atom stereocenters. The standard InChI is InChI=1S/C8H13/c1-2-5-8(4-1)6-3-7-8/h1H,2-7H2. The first-order valence-corrected chi connectivity index (χ1v) is 3.73. The second kappa shape index (κ2) is 1.49. The zero-order chi connectivity index (χ0) is 5.45. The van der Waals surface area contributed by atoms with Crippen LogP contribution in [0.15, 0.2) is 0 Å². The van der Waals surface area contributed by atoms with Gasteiger partial charge in [-0.2, -0.15) is 0 Å². The van der Waals surface area contributed by atoms with Crippen LogP contribution in [0.4, 0.5) is 0 Å². The molecule has 0 N–H and O–H groups in total. The Morgan fingerprint density at radius 2 is 2.00 bits per heavy atom. The molecule has 0 amide bonds. The zero-order valence-corrected chi connectivity index (χ0v) is 5.32. The van der Waals surface area contributed by atoms with Crippen LogP contribution in [0.25, 0.3) is 0 Å². The topological polar surface area (TPSA) is 0 Å². The molecule has 0 aromatic rings. The van der Waals surface area contributed by atoms with Gasteiger partial charge in [0.25, 0.3) is 0 Å². The first kappa shape index (κ1) is 4.84. The Bertz CT molecular complexity index is 82.2. The van der Waals surface area contributed by atoms with Crippen molar-refractivity contribution < 1.29 is 0 Å². The smallest absolute Gasteiger partial charge is 0.0295 e. The van der Waals surface area contributed by atoms with Crippen molar-refractivity contribution in [2.75, 3.05) is 0 Å². The summed E-state index contributed by atoms with van der Waals surface area (Å²) in [6.45, 7) is 0. The predicted octanol–water partition coefficient (Wildman–Crippen LogP) is 2.54. The first-order chi connectivity index (χ1) is 3.91. The fourth-order valence-electron chi connectivity index (χ4n) is 2.05. The van der Waals surface area contributed by atoms with Crippen LogP contribution in [-0.2, 0) is 0 Å². The van der Waals surface area contributed by atoms with Crippen molar-refractivity contribution in [3.63, 3.8) is 0 Å². The molecule has 0 aromatic heterocycles. The van der Waals surface area contributed by atoms with Gasteiger partial charge in [-0.25, -0.2) is 0 Å². The third kappa shape index (κ3) is 0.519. The highest BCUT2D eigenvalue weighted by Crippen LogP contribution is 2.52. The maximum absolute atomic E-state index is 2.47. The second-order valence-corrected chi connectivity index (χ2v) is 3.39. The minimum atomic E-state index is 0.861. The van der Waals surface area contributed by atoms with Crippen LogP contribution in [0.3, 0.4) is 0 Å². The number of hydrogen-bond acceptors (Lipinski definition) is 0. The Hall–Kier alpha value is 0. The monoisotopic (exact) mass is 109 g/mol. The molecule has 2 fully saturated rings. The highest BCUT2D eigenvalue weighted by Gasteiger charge is 2.38. The maximum Gasteiger partial charge on any atom is -0.0295 e.